The van der Waals surface area contributed by atoms with Crippen LogP contribution in [-0.2, 0) is 11.8 Å². The van der Waals surface area contributed by atoms with E-state index in [1.165, 1.54) is 36.8 Å². The first-order chi connectivity index (χ1) is 12.1. The highest BCUT2D eigenvalue weighted by molar-refractivity contribution is 5.45. The van der Waals surface area contributed by atoms with E-state index in [9.17, 15) is 0 Å². The number of piperidine rings is 1. The van der Waals surface area contributed by atoms with E-state index in [-0.39, 0.29) is 5.41 Å². The third kappa shape index (κ3) is 1.95. The van der Waals surface area contributed by atoms with Crippen LogP contribution in [0.2, 0.25) is 0 Å². The average molecular weight is 290 g/mol. The molecule has 1 saturated carbocycles. The third-order valence-electron chi connectivity index (χ3n) is 6.25. The largest absolute Gasteiger partial charge is 0.494 e. The molecule has 0 radical (unpaired) electrons. The SMILES string of the molecule is [2H]C([2H])([2H])C([2H])([2H])Oc1ccc2c(c1)[C@@]13CCCC[C@@H]1[C@@H](C2)N(C)CC3. The van der Waals surface area contributed by atoms with Crippen molar-refractivity contribution in [2.75, 3.05) is 20.2 Å². The van der Waals surface area contributed by atoms with E-state index in [4.69, 9.17) is 11.6 Å². The Bertz CT molecular complexity index is 704. The predicted molar refractivity (Wildman–Crippen MR) is 86.0 cm³/mol. The number of nitrogens with zero attached hydrogens (tertiary/aromatic N) is 1. The molecule has 1 saturated heterocycles. The zero-order chi connectivity index (χ0) is 18.7. The van der Waals surface area contributed by atoms with Gasteiger partial charge >= 0.3 is 0 Å². The highest BCUT2D eigenvalue weighted by atomic mass is 16.5. The summed E-state index contributed by atoms with van der Waals surface area (Å²) >= 11 is 0. The van der Waals surface area contributed by atoms with Crippen molar-refractivity contribution in [3.05, 3.63) is 29.3 Å². The van der Waals surface area contributed by atoms with E-state index in [0.29, 0.717) is 17.7 Å². The topological polar surface area (TPSA) is 12.5 Å². The van der Waals surface area contributed by atoms with Crippen LogP contribution in [0.4, 0.5) is 0 Å². The van der Waals surface area contributed by atoms with Crippen molar-refractivity contribution >= 4 is 0 Å². The molecule has 0 N–H and O–H groups in total. The molecule has 1 aromatic rings. The van der Waals surface area contributed by atoms with Crippen LogP contribution >= 0.6 is 0 Å². The number of ether oxygens (including phenoxy) is 1. The summed E-state index contributed by atoms with van der Waals surface area (Å²) in [5.74, 6) is 0.970. The summed E-state index contributed by atoms with van der Waals surface area (Å²) in [6.45, 7) is -4.41. The molecule has 0 aromatic heterocycles. The molecule has 2 fully saturated rings. The number of hydrogen-bond donors (Lipinski definition) is 0. The van der Waals surface area contributed by atoms with Crippen molar-refractivity contribution < 1.29 is 11.6 Å². The van der Waals surface area contributed by atoms with Crippen molar-refractivity contribution in [2.45, 2.75) is 56.8 Å². The Hall–Kier alpha value is -1.02. The Morgan fingerprint density at radius 2 is 2.38 bits per heavy atom. The van der Waals surface area contributed by atoms with Gasteiger partial charge in [-0.25, -0.2) is 0 Å². The van der Waals surface area contributed by atoms with Gasteiger partial charge in [-0.15, -0.1) is 0 Å². The molecule has 3 aliphatic rings. The van der Waals surface area contributed by atoms with Crippen molar-refractivity contribution in [3.63, 3.8) is 0 Å². The molecule has 1 aliphatic heterocycles. The van der Waals surface area contributed by atoms with Gasteiger partial charge < -0.3 is 9.64 Å². The van der Waals surface area contributed by atoms with Gasteiger partial charge in [-0.1, -0.05) is 18.9 Å². The van der Waals surface area contributed by atoms with E-state index >= 15 is 0 Å². The molecule has 2 aliphatic carbocycles. The van der Waals surface area contributed by atoms with Crippen LogP contribution in [0, 0.1) is 5.92 Å². The van der Waals surface area contributed by atoms with Crippen molar-refractivity contribution in [1.29, 1.82) is 0 Å². The molecule has 4 rings (SSSR count). The number of fused-ring (bicyclic) bond motifs is 1. The molecule has 1 aromatic carbocycles. The molecule has 21 heavy (non-hydrogen) atoms. The van der Waals surface area contributed by atoms with E-state index in [1.807, 2.05) is 12.1 Å². The molecular weight excluding hydrogens is 258 g/mol. The fourth-order valence-electron chi connectivity index (χ4n) is 5.30. The molecular formula is C19H27NO. The Balaban J connectivity index is 1.74. The lowest BCUT2D eigenvalue weighted by atomic mass is 9.52. The maximum absolute atomic E-state index is 7.78. The van der Waals surface area contributed by atoms with Gasteiger partial charge in [0, 0.05) is 15.6 Å². The van der Waals surface area contributed by atoms with Gasteiger partial charge in [0.15, 0.2) is 0 Å². The summed E-state index contributed by atoms with van der Waals surface area (Å²) in [5, 5.41) is 0. The summed E-state index contributed by atoms with van der Waals surface area (Å²) in [7, 11) is 2.23. The Morgan fingerprint density at radius 1 is 1.43 bits per heavy atom. The molecule has 0 unspecified atom stereocenters. The zero-order valence-corrected chi connectivity index (χ0v) is 12.7. The molecule has 2 bridgehead atoms. The maximum atomic E-state index is 7.78. The minimum Gasteiger partial charge on any atom is -0.494 e. The van der Waals surface area contributed by atoms with Gasteiger partial charge in [-0.2, -0.15) is 0 Å². The van der Waals surface area contributed by atoms with Gasteiger partial charge in [0.25, 0.3) is 0 Å². The summed E-state index contributed by atoms with van der Waals surface area (Å²) in [4.78, 5) is 2.51. The first-order valence-electron chi connectivity index (χ1n) is 10.7. The highest BCUT2D eigenvalue weighted by Crippen LogP contribution is 2.55. The Morgan fingerprint density at radius 3 is 3.29 bits per heavy atom. The Kier molecular flexibility index (Phi) is 2.20. The minimum atomic E-state index is -2.81. The van der Waals surface area contributed by atoms with E-state index < -0.39 is 13.4 Å². The standard InChI is InChI=1S/C19H27NO/c1-3-21-15-8-7-14-12-18-16-6-4-5-9-19(16,17(14)13-15)10-11-20(18)2/h7-8,13,16,18H,3-6,9-12H2,1-2H3/t16-,18-,19-/m1/s1/i1D3,3D2. The first kappa shape index (κ1) is 9.19. The minimum absolute atomic E-state index is 0.148. The fraction of sp³-hybridized carbons (Fsp3) is 0.684. The average Bonchev–Trinajstić information content (AvgIpc) is 2.57. The number of likely N-dealkylation sites (tertiary alicyclic amines) is 1. The zero-order valence-electron chi connectivity index (χ0n) is 17.7. The maximum Gasteiger partial charge on any atom is 0.119 e. The molecule has 2 heteroatoms. The highest BCUT2D eigenvalue weighted by Gasteiger charge is 2.53. The van der Waals surface area contributed by atoms with E-state index in [0.717, 1.165) is 19.4 Å². The molecule has 0 spiro atoms. The van der Waals surface area contributed by atoms with E-state index in [2.05, 4.69) is 11.9 Å². The molecule has 2 nitrogen and oxygen atoms in total. The van der Waals surface area contributed by atoms with Gasteiger partial charge in [0.2, 0.25) is 0 Å². The van der Waals surface area contributed by atoms with Crippen LogP contribution in [0.3, 0.4) is 0 Å². The molecule has 1 heterocycles. The van der Waals surface area contributed by atoms with Crippen LogP contribution in [0.1, 0.15) is 56.9 Å². The smallest absolute Gasteiger partial charge is 0.119 e. The van der Waals surface area contributed by atoms with E-state index in [1.54, 1.807) is 6.07 Å². The fourth-order valence-corrected chi connectivity index (χ4v) is 5.30. The molecule has 114 valence electrons. The number of benzene rings is 1. The first-order valence-corrected chi connectivity index (χ1v) is 8.17. The molecule has 3 atom stereocenters. The number of hydrogen-bond acceptors (Lipinski definition) is 2. The van der Waals surface area contributed by atoms with Gasteiger partial charge in [0.05, 0.1) is 9.30 Å². The summed E-state index contributed by atoms with van der Waals surface area (Å²) < 4.78 is 43.0. The number of rotatable bonds is 2. The van der Waals surface area contributed by atoms with Crippen molar-refractivity contribution in [1.82, 2.24) is 4.90 Å². The Labute approximate surface area is 135 Å². The summed E-state index contributed by atoms with van der Waals surface area (Å²) in [6.07, 6.45) is 7.07. The quantitative estimate of drug-likeness (QED) is 0.822. The van der Waals surface area contributed by atoms with Gasteiger partial charge in [-0.05, 0) is 75.3 Å². The van der Waals surface area contributed by atoms with Gasteiger partial charge in [-0.3, -0.25) is 0 Å². The lowest BCUT2D eigenvalue weighted by molar-refractivity contribution is 0.00271. The third-order valence-corrected chi connectivity index (χ3v) is 6.25. The lowest BCUT2D eigenvalue weighted by Crippen LogP contribution is -2.59. The van der Waals surface area contributed by atoms with Crippen LogP contribution in [0.5, 0.6) is 5.75 Å². The van der Waals surface area contributed by atoms with Crippen molar-refractivity contribution in [2.24, 2.45) is 5.92 Å². The second-order valence-corrected chi connectivity index (χ2v) is 7.03. The molecule has 0 amide bonds. The monoisotopic (exact) mass is 290 g/mol. The summed E-state index contributed by atoms with van der Waals surface area (Å²) in [5.41, 5.74) is 2.75. The predicted octanol–water partition coefficient (Wildman–Crippen LogP) is 3.77. The van der Waals surface area contributed by atoms with Crippen LogP contribution in [0.25, 0.3) is 0 Å². The second-order valence-electron chi connectivity index (χ2n) is 7.03. The van der Waals surface area contributed by atoms with Gasteiger partial charge in [0.1, 0.15) is 5.75 Å². The van der Waals surface area contributed by atoms with Crippen LogP contribution < -0.4 is 4.74 Å². The van der Waals surface area contributed by atoms with Crippen LogP contribution in [0.15, 0.2) is 18.2 Å². The normalized spacial score (nSPS) is 39.8. The second kappa shape index (κ2) is 5.01. The van der Waals surface area contributed by atoms with Crippen LogP contribution in [-0.4, -0.2) is 31.1 Å². The lowest BCUT2D eigenvalue weighted by Gasteiger charge is -2.58. The summed E-state index contributed by atoms with van der Waals surface area (Å²) in [6, 6.07) is 6.28. The van der Waals surface area contributed by atoms with Crippen molar-refractivity contribution in [3.8, 4) is 5.75 Å². The number of likely N-dealkylation sites (N-methyl/N-ethyl adjacent to an activating group) is 1.